The quantitative estimate of drug-likeness (QED) is 0.892. The molecule has 6 heteroatoms. The Bertz CT molecular complexity index is 497. The molecule has 0 aliphatic carbocycles. The normalized spacial score (nSPS) is 10.1. The van der Waals surface area contributed by atoms with Gasteiger partial charge in [0, 0.05) is 16.9 Å². The topological polar surface area (TPSA) is 67.0 Å². The largest absolute Gasteiger partial charge is 0.493 e. The molecule has 1 aromatic heterocycles. The lowest BCUT2D eigenvalue weighted by Gasteiger charge is -2.05. The number of nitrogens with zero attached hydrogens (tertiary/aromatic N) is 1. The molecule has 0 fully saturated rings. The number of aromatic amines is 1. The average molecular weight is 310 g/mol. The Balaban J connectivity index is 1.72. The second-order valence-electron chi connectivity index (χ2n) is 3.54. The minimum atomic E-state index is -0.137. The van der Waals surface area contributed by atoms with E-state index in [1.165, 1.54) is 0 Å². The summed E-state index contributed by atoms with van der Waals surface area (Å²) in [6.07, 6.45) is 3.50. The molecule has 0 spiro atoms. The molecule has 0 saturated carbocycles. The smallest absolute Gasteiger partial charge is 0.230 e. The van der Waals surface area contributed by atoms with Crippen molar-refractivity contribution in [2.45, 2.75) is 6.42 Å². The molecule has 5 nitrogen and oxygen atoms in total. The van der Waals surface area contributed by atoms with E-state index in [4.69, 9.17) is 4.74 Å². The van der Waals surface area contributed by atoms with Crippen LogP contribution in [0.4, 0.5) is 5.95 Å². The molecule has 1 amide bonds. The first-order chi connectivity index (χ1) is 8.74. The van der Waals surface area contributed by atoms with Gasteiger partial charge in [0.15, 0.2) is 0 Å². The van der Waals surface area contributed by atoms with Crippen molar-refractivity contribution in [1.82, 2.24) is 9.97 Å². The van der Waals surface area contributed by atoms with Crippen LogP contribution in [-0.2, 0) is 4.79 Å². The second kappa shape index (κ2) is 6.20. The van der Waals surface area contributed by atoms with Gasteiger partial charge in [0.1, 0.15) is 5.75 Å². The number of rotatable bonds is 5. The molecule has 2 rings (SSSR count). The summed E-state index contributed by atoms with van der Waals surface area (Å²) in [6.45, 7) is 0.328. The zero-order chi connectivity index (χ0) is 12.8. The first-order valence-electron chi connectivity index (χ1n) is 5.41. The van der Waals surface area contributed by atoms with E-state index in [1.807, 2.05) is 24.3 Å². The van der Waals surface area contributed by atoms with Crippen molar-refractivity contribution in [2.24, 2.45) is 0 Å². The molecule has 0 atom stereocenters. The van der Waals surface area contributed by atoms with Crippen LogP contribution >= 0.6 is 15.9 Å². The van der Waals surface area contributed by atoms with E-state index in [0.717, 1.165) is 10.2 Å². The number of ether oxygens (including phenoxy) is 1. The highest BCUT2D eigenvalue weighted by Gasteiger charge is 2.04. The van der Waals surface area contributed by atoms with Gasteiger partial charge >= 0.3 is 0 Å². The van der Waals surface area contributed by atoms with Crippen LogP contribution in [0, 0.1) is 0 Å². The summed E-state index contributed by atoms with van der Waals surface area (Å²) in [4.78, 5) is 18.2. The minimum absolute atomic E-state index is 0.137. The molecule has 2 N–H and O–H groups in total. The molecule has 0 radical (unpaired) electrons. The van der Waals surface area contributed by atoms with Crippen LogP contribution in [-0.4, -0.2) is 22.5 Å². The third kappa shape index (κ3) is 3.89. The van der Waals surface area contributed by atoms with Crippen LogP contribution in [0.15, 0.2) is 41.1 Å². The summed E-state index contributed by atoms with van der Waals surface area (Å²) < 4.78 is 6.43. The predicted molar refractivity (Wildman–Crippen MR) is 71.5 cm³/mol. The van der Waals surface area contributed by atoms with Crippen molar-refractivity contribution in [3.63, 3.8) is 0 Å². The number of carbonyl (C=O) groups excluding carboxylic acids is 1. The standard InChI is InChI=1S/C12H12BrN3O2/c13-9-1-3-10(4-2-9)18-8-5-11(17)16-12-14-6-7-15-12/h1-4,6-7H,5,8H2,(H2,14,15,16,17). The molecule has 0 aliphatic rings. The molecule has 0 saturated heterocycles. The van der Waals surface area contributed by atoms with Crippen molar-refractivity contribution in [2.75, 3.05) is 11.9 Å². The van der Waals surface area contributed by atoms with Crippen LogP contribution in [0.3, 0.4) is 0 Å². The number of benzene rings is 1. The summed E-state index contributed by atoms with van der Waals surface area (Å²) in [5.74, 6) is 1.05. The van der Waals surface area contributed by atoms with Crippen LogP contribution in [0.25, 0.3) is 0 Å². The molecule has 0 bridgehead atoms. The first-order valence-corrected chi connectivity index (χ1v) is 6.21. The van der Waals surface area contributed by atoms with Gasteiger partial charge in [-0.15, -0.1) is 0 Å². The maximum absolute atomic E-state index is 11.5. The fourth-order valence-electron chi connectivity index (χ4n) is 1.32. The van der Waals surface area contributed by atoms with Gasteiger partial charge in [-0.3, -0.25) is 10.1 Å². The summed E-state index contributed by atoms with van der Waals surface area (Å²) in [5.41, 5.74) is 0. The van der Waals surface area contributed by atoms with Crippen LogP contribution in [0.5, 0.6) is 5.75 Å². The van der Waals surface area contributed by atoms with E-state index in [9.17, 15) is 4.79 Å². The second-order valence-corrected chi connectivity index (χ2v) is 4.45. The number of hydrogen-bond donors (Lipinski definition) is 2. The molecule has 1 heterocycles. The Kier molecular flexibility index (Phi) is 4.35. The molecule has 0 unspecified atom stereocenters. The van der Waals surface area contributed by atoms with E-state index >= 15 is 0 Å². The number of nitrogens with one attached hydrogen (secondary N) is 2. The lowest BCUT2D eigenvalue weighted by molar-refractivity contribution is -0.116. The molecule has 18 heavy (non-hydrogen) atoms. The highest BCUT2D eigenvalue weighted by Crippen LogP contribution is 2.16. The Morgan fingerprint density at radius 1 is 1.39 bits per heavy atom. The fraction of sp³-hybridized carbons (Fsp3) is 0.167. The van der Waals surface area contributed by atoms with Gasteiger partial charge in [-0.1, -0.05) is 15.9 Å². The summed E-state index contributed by atoms with van der Waals surface area (Å²) in [6, 6.07) is 7.46. The number of carbonyl (C=O) groups is 1. The average Bonchev–Trinajstić information content (AvgIpc) is 2.84. The third-order valence-electron chi connectivity index (χ3n) is 2.17. The Hall–Kier alpha value is -1.82. The first kappa shape index (κ1) is 12.6. The minimum Gasteiger partial charge on any atom is -0.493 e. The molecule has 94 valence electrons. The monoisotopic (exact) mass is 309 g/mol. The molecular weight excluding hydrogens is 298 g/mol. The van der Waals surface area contributed by atoms with Gasteiger partial charge < -0.3 is 9.72 Å². The van der Waals surface area contributed by atoms with Crippen molar-refractivity contribution < 1.29 is 9.53 Å². The van der Waals surface area contributed by atoms with E-state index in [0.29, 0.717) is 12.6 Å². The fourth-order valence-corrected chi connectivity index (χ4v) is 1.58. The number of amides is 1. The number of hydrogen-bond acceptors (Lipinski definition) is 3. The van der Waals surface area contributed by atoms with E-state index < -0.39 is 0 Å². The SMILES string of the molecule is O=C(CCOc1ccc(Br)cc1)Nc1ncc[nH]1. The van der Waals surface area contributed by atoms with Gasteiger partial charge in [-0.2, -0.15) is 0 Å². The zero-order valence-corrected chi connectivity index (χ0v) is 11.1. The van der Waals surface area contributed by atoms with Crippen molar-refractivity contribution in [3.8, 4) is 5.75 Å². The molecule has 2 aromatic rings. The summed E-state index contributed by atoms with van der Waals surface area (Å²) in [5, 5.41) is 2.62. The predicted octanol–water partition coefficient (Wildman–Crippen LogP) is 2.58. The Morgan fingerprint density at radius 2 is 2.17 bits per heavy atom. The van der Waals surface area contributed by atoms with Crippen molar-refractivity contribution in [3.05, 3.63) is 41.1 Å². The van der Waals surface area contributed by atoms with Gasteiger partial charge in [0.25, 0.3) is 0 Å². The maximum atomic E-state index is 11.5. The number of imidazole rings is 1. The number of anilines is 1. The van der Waals surface area contributed by atoms with E-state index in [1.54, 1.807) is 12.4 Å². The summed E-state index contributed by atoms with van der Waals surface area (Å²) in [7, 11) is 0. The lowest BCUT2D eigenvalue weighted by Crippen LogP contribution is -2.15. The highest BCUT2D eigenvalue weighted by atomic mass is 79.9. The maximum Gasteiger partial charge on any atom is 0.230 e. The van der Waals surface area contributed by atoms with Crippen molar-refractivity contribution >= 4 is 27.8 Å². The van der Waals surface area contributed by atoms with Gasteiger partial charge in [0.05, 0.1) is 13.0 Å². The number of halogens is 1. The lowest BCUT2D eigenvalue weighted by atomic mass is 10.3. The van der Waals surface area contributed by atoms with Gasteiger partial charge in [-0.05, 0) is 24.3 Å². The highest BCUT2D eigenvalue weighted by molar-refractivity contribution is 9.10. The number of aromatic nitrogens is 2. The van der Waals surface area contributed by atoms with Crippen LogP contribution in [0.2, 0.25) is 0 Å². The van der Waals surface area contributed by atoms with Crippen molar-refractivity contribution in [1.29, 1.82) is 0 Å². The Labute approximate surface area is 113 Å². The van der Waals surface area contributed by atoms with Crippen LogP contribution < -0.4 is 10.1 Å². The Morgan fingerprint density at radius 3 is 2.83 bits per heavy atom. The summed E-state index contributed by atoms with van der Waals surface area (Å²) >= 11 is 3.34. The molecule has 0 aliphatic heterocycles. The van der Waals surface area contributed by atoms with Gasteiger partial charge in [0.2, 0.25) is 11.9 Å². The van der Waals surface area contributed by atoms with E-state index in [-0.39, 0.29) is 12.3 Å². The molecular formula is C12H12BrN3O2. The van der Waals surface area contributed by atoms with E-state index in [2.05, 4.69) is 31.2 Å². The third-order valence-corrected chi connectivity index (χ3v) is 2.70. The van der Waals surface area contributed by atoms with Gasteiger partial charge in [-0.25, -0.2) is 4.98 Å². The molecule has 1 aromatic carbocycles. The zero-order valence-electron chi connectivity index (χ0n) is 9.52. The van der Waals surface area contributed by atoms with Crippen LogP contribution in [0.1, 0.15) is 6.42 Å². The number of H-pyrrole nitrogens is 1.